The first-order valence-corrected chi connectivity index (χ1v) is 8.48. The van der Waals surface area contributed by atoms with Gasteiger partial charge in [0.25, 0.3) is 5.91 Å². The molecule has 0 bridgehead atoms. The van der Waals surface area contributed by atoms with Gasteiger partial charge in [-0.3, -0.25) is 19.8 Å². The minimum Gasteiger partial charge on any atom is -0.466 e. The van der Waals surface area contributed by atoms with E-state index in [9.17, 15) is 19.2 Å². The van der Waals surface area contributed by atoms with Crippen LogP contribution >= 0.6 is 0 Å². The zero-order valence-corrected chi connectivity index (χ0v) is 15.4. The third-order valence-corrected chi connectivity index (χ3v) is 4.23. The Kier molecular flexibility index (Phi) is 5.69. The standard InChI is InChI=1S/C17H24N4O5/c1-5-6-7-18-15(24)19-13(22)9-21-14(23)17(4,20-16(21)25)12-8-10(2)26-11(12)3/h8H,5-7,9H2,1-4H3,(H,20,25)(H2,18,19,22,24). The zero-order chi connectivity index (χ0) is 19.5. The van der Waals surface area contributed by atoms with Gasteiger partial charge in [0.05, 0.1) is 0 Å². The Hall–Kier alpha value is -2.84. The van der Waals surface area contributed by atoms with Crippen molar-refractivity contribution >= 4 is 23.9 Å². The lowest BCUT2D eigenvalue weighted by Gasteiger charge is -2.21. The molecular formula is C17H24N4O5. The van der Waals surface area contributed by atoms with E-state index in [1.54, 1.807) is 26.8 Å². The molecule has 1 atom stereocenters. The summed E-state index contributed by atoms with van der Waals surface area (Å²) in [5.41, 5.74) is -0.781. The molecule has 9 heteroatoms. The van der Waals surface area contributed by atoms with E-state index >= 15 is 0 Å². The summed E-state index contributed by atoms with van der Waals surface area (Å²) in [7, 11) is 0. The highest BCUT2D eigenvalue weighted by atomic mass is 16.3. The molecule has 0 aromatic carbocycles. The van der Waals surface area contributed by atoms with Gasteiger partial charge in [-0.15, -0.1) is 0 Å². The van der Waals surface area contributed by atoms with Crippen molar-refractivity contribution in [2.45, 2.75) is 46.1 Å². The average molecular weight is 364 g/mol. The first kappa shape index (κ1) is 19.5. The van der Waals surface area contributed by atoms with Gasteiger partial charge in [0.2, 0.25) is 5.91 Å². The quantitative estimate of drug-likeness (QED) is 0.519. The topological polar surface area (TPSA) is 121 Å². The van der Waals surface area contributed by atoms with Crippen molar-refractivity contribution in [3.8, 4) is 0 Å². The van der Waals surface area contributed by atoms with E-state index in [0.29, 0.717) is 23.6 Å². The number of nitrogens with zero attached hydrogens (tertiary/aromatic N) is 1. The SMILES string of the molecule is CCCCNC(=O)NC(=O)CN1C(=O)NC(C)(c2cc(C)oc2C)C1=O. The van der Waals surface area contributed by atoms with Crippen molar-refractivity contribution < 1.29 is 23.6 Å². The molecule has 1 aliphatic heterocycles. The number of imide groups is 2. The summed E-state index contributed by atoms with van der Waals surface area (Å²) in [5.74, 6) is -0.194. The first-order chi connectivity index (χ1) is 12.2. The molecule has 1 aromatic rings. The molecule has 0 aliphatic carbocycles. The van der Waals surface area contributed by atoms with Crippen LogP contribution in [0.4, 0.5) is 9.59 Å². The van der Waals surface area contributed by atoms with Crippen molar-refractivity contribution in [2.75, 3.05) is 13.1 Å². The Morgan fingerprint density at radius 1 is 1.31 bits per heavy atom. The minimum atomic E-state index is -1.32. The van der Waals surface area contributed by atoms with Gasteiger partial charge in [0.1, 0.15) is 23.6 Å². The number of carbonyl (C=O) groups excluding carboxylic acids is 4. The predicted octanol–water partition coefficient (Wildman–Crippen LogP) is 1.29. The predicted molar refractivity (Wildman–Crippen MR) is 92.2 cm³/mol. The normalized spacial score (nSPS) is 19.5. The molecule has 1 unspecified atom stereocenters. The van der Waals surface area contributed by atoms with E-state index in [1.807, 2.05) is 6.92 Å². The van der Waals surface area contributed by atoms with E-state index < -0.39 is 36.0 Å². The molecule has 0 spiro atoms. The Morgan fingerprint density at radius 3 is 2.58 bits per heavy atom. The van der Waals surface area contributed by atoms with E-state index in [0.717, 1.165) is 17.7 Å². The second-order valence-corrected chi connectivity index (χ2v) is 6.43. The van der Waals surface area contributed by atoms with Crippen LogP contribution < -0.4 is 16.0 Å². The number of hydrogen-bond donors (Lipinski definition) is 3. The molecule has 26 heavy (non-hydrogen) atoms. The van der Waals surface area contributed by atoms with Crippen LogP contribution in [0.2, 0.25) is 0 Å². The van der Waals surface area contributed by atoms with Crippen molar-refractivity contribution in [1.29, 1.82) is 0 Å². The lowest BCUT2D eigenvalue weighted by Crippen LogP contribution is -2.47. The highest BCUT2D eigenvalue weighted by Crippen LogP contribution is 2.32. The van der Waals surface area contributed by atoms with Gasteiger partial charge in [-0.2, -0.15) is 0 Å². The van der Waals surface area contributed by atoms with Crippen molar-refractivity contribution in [2.24, 2.45) is 0 Å². The molecule has 9 nitrogen and oxygen atoms in total. The number of nitrogens with one attached hydrogen (secondary N) is 3. The first-order valence-electron chi connectivity index (χ1n) is 8.48. The van der Waals surface area contributed by atoms with Crippen molar-refractivity contribution in [3.05, 3.63) is 23.2 Å². The molecule has 2 heterocycles. The van der Waals surface area contributed by atoms with Gasteiger partial charge >= 0.3 is 12.1 Å². The smallest absolute Gasteiger partial charge is 0.325 e. The molecule has 3 N–H and O–H groups in total. The monoisotopic (exact) mass is 364 g/mol. The molecular weight excluding hydrogens is 340 g/mol. The van der Waals surface area contributed by atoms with Gasteiger partial charge in [-0.05, 0) is 33.3 Å². The summed E-state index contributed by atoms with van der Waals surface area (Å²) in [5, 5.41) is 7.23. The van der Waals surface area contributed by atoms with E-state index in [1.165, 1.54) is 0 Å². The number of unbranched alkanes of at least 4 members (excludes halogenated alkanes) is 1. The molecule has 0 saturated carbocycles. The van der Waals surface area contributed by atoms with Crippen LogP contribution in [0.25, 0.3) is 0 Å². The maximum absolute atomic E-state index is 12.8. The lowest BCUT2D eigenvalue weighted by atomic mass is 9.92. The Labute approximate surface area is 151 Å². The van der Waals surface area contributed by atoms with Crippen molar-refractivity contribution in [3.63, 3.8) is 0 Å². The molecule has 1 aliphatic rings. The van der Waals surface area contributed by atoms with E-state index in [-0.39, 0.29) is 0 Å². The number of carbonyl (C=O) groups is 4. The fourth-order valence-electron chi connectivity index (χ4n) is 2.88. The zero-order valence-electron chi connectivity index (χ0n) is 15.4. The molecule has 1 saturated heterocycles. The lowest BCUT2D eigenvalue weighted by molar-refractivity contribution is -0.134. The fraction of sp³-hybridized carbons (Fsp3) is 0.529. The van der Waals surface area contributed by atoms with Crippen LogP contribution in [0.3, 0.4) is 0 Å². The fourth-order valence-corrected chi connectivity index (χ4v) is 2.88. The molecule has 2 rings (SSSR count). The van der Waals surface area contributed by atoms with Gasteiger partial charge in [-0.25, -0.2) is 9.59 Å². The van der Waals surface area contributed by atoms with Gasteiger partial charge in [-0.1, -0.05) is 13.3 Å². The number of furan rings is 1. The van der Waals surface area contributed by atoms with Crippen molar-refractivity contribution in [1.82, 2.24) is 20.9 Å². The van der Waals surface area contributed by atoms with E-state index in [2.05, 4.69) is 16.0 Å². The number of amides is 6. The Morgan fingerprint density at radius 2 is 2.00 bits per heavy atom. The minimum absolute atomic E-state index is 0.440. The number of hydrogen-bond acceptors (Lipinski definition) is 5. The Bertz CT molecular complexity index is 742. The number of urea groups is 2. The average Bonchev–Trinajstić information content (AvgIpc) is 3.00. The summed E-state index contributed by atoms with van der Waals surface area (Å²) in [4.78, 5) is 49.3. The highest BCUT2D eigenvalue weighted by molar-refractivity contribution is 6.10. The third-order valence-electron chi connectivity index (χ3n) is 4.23. The summed E-state index contributed by atoms with van der Waals surface area (Å²) in [6, 6.07) is 0.329. The van der Waals surface area contributed by atoms with Gasteiger partial charge in [0.15, 0.2) is 0 Å². The van der Waals surface area contributed by atoms with Crippen LogP contribution in [0.15, 0.2) is 10.5 Å². The summed E-state index contributed by atoms with van der Waals surface area (Å²) >= 11 is 0. The number of rotatable bonds is 6. The second-order valence-electron chi connectivity index (χ2n) is 6.43. The Balaban J connectivity index is 2.04. The van der Waals surface area contributed by atoms with E-state index in [4.69, 9.17) is 4.42 Å². The maximum Gasteiger partial charge on any atom is 0.325 e. The van der Waals surface area contributed by atoms with Crippen LogP contribution in [0.5, 0.6) is 0 Å². The molecule has 0 radical (unpaired) electrons. The van der Waals surface area contributed by atoms with Crippen LogP contribution in [0.1, 0.15) is 43.8 Å². The molecule has 1 fully saturated rings. The molecule has 1 aromatic heterocycles. The summed E-state index contributed by atoms with van der Waals surface area (Å²) in [6.07, 6.45) is 1.69. The summed E-state index contributed by atoms with van der Waals surface area (Å²) in [6.45, 7) is 6.86. The maximum atomic E-state index is 12.8. The largest absolute Gasteiger partial charge is 0.466 e. The number of aryl methyl sites for hydroxylation is 2. The highest BCUT2D eigenvalue weighted by Gasteiger charge is 2.51. The van der Waals surface area contributed by atoms with Gasteiger partial charge in [0, 0.05) is 12.1 Å². The van der Waals surface area contributed by atoms with Gasteiger partial charge < -0.3 is 15.1 Å². The second kappa shape index (κ2) is 7.59. The third kappa shape index (κ3) is 3.87. The van der Waals surface area contributed by atoms with Crippen LogP contribution in [-0.4, -0.2) is 41.9 Å². The molecule has 6 amide bonds. The van der Waals surface area contributed by atoms with Crippen LogP contribution in [-0.2, 0) is 15.1 Å². The summed E-state index contributed by atoms with van der Waals surface area (Å²) < 4.78 is 5.44. The molecule has 142 valence electrons. The van der Waals surface area contributed by atoms with Crippen LogP contribution in [0, 0.1) is 13.8 Å².